The highest BCUT2D eigenvalue weighted by Crippen LogP contribution is 2.35. The van der Waals surface area contributed by atoms with Gasteiger partial charge in [-0.25, -0.2) is 8.78 Å². The summed E-state index contributed by atoms with van der Waals surface area (Å²) < 4.78 is 27.6. The number of aliphatic carboxylic acids is 1. The zero-order valence-electron chi connectivity index (χ0n) is 10.8. The standard InChI is InChI=1S/C14H18F2O2/c1-9(2)8-14(15,16)12-6-4-11(5-7-12)10(3)13(17)18/h4-7,9-10H,8H2,1-3H3,(H,17,18). The van der Waals surface area contributed by atoms with Gasteiger partial charge in [-0.1, -0.05) is 38.1 Å². The number of carboxylic acids is 1. The summed E-state index contributed by atoms with van der Waals surface area (Å²) in [5.74, 6) is -4.61. The molecule has 0 aliphatic carbocycles. The largest absolute Gasteiger partial charge is 0.481 e. The average Bonchev–Trinajstić information content (AvgIpc) is 2.26. The molecule has 100 valence electrons. The molecule has 0 aromatic heterocycles. The van der Waals surface area contributed by atoms with Crippen LogP contribution >= 0.6 is 0 Å². The predicted molar refractivity (Wildman–Crippen MR) is 65.8 cm³/mol. The molecule has 0 aliphatic heterocycles. The number of hydrogen-bond donors (Lipinski definition) is 1. The number of rotatable bonds is 5. The molecule has 2 nitrogen and oxygen atoms in total. The molecule has 0 radical (unpaired) electrons. The molecule has 1 unspecified atom stereocenters. The number of alkyl halides is 2. The molecule has 1 N–H and O–H groups in total. The van der Waals surface area contributed by atoms with Crippen molar-refractivity contribution >= 4 is 5.97 Å². The van der Waals surface area contributed by atoms with E-state index in [1.807, 2.05) is 0 Å². The summed E-state index contributed by atoms with van der Waals surface area (Å²) in [4.78, 5) is 10.8. The monoisotopic (exact) mass is 256 g/mol. The number of carbonyl (C=O) groups is 1. The summed E-state index contributed by atoms with van der Waals surface area (Å²) >= 11 is 0. The Morgan fingerprint density at radius 1 is 1.22 bits per heavy atom. The van der Waals surface area contributed by atoms with Crippen LogP contribution < -0.4 is 0 Å². The maximum absolute atomic E-state index is 13.8. The topological polar surface area (TPSA) is 37.3 Å². The van der Waals surface area contributed by atoms with Crippen LogP contribution in [0.5, 0.6) is 0 Å². The maximum atomic E-state index is 13.8. The molecular weight excluding hydrogens is 238 g/mol. The molecule has 0 fully saturated rings. The summed E-state index contributed by atoms with van der Waals surface area (Å²) in [7, 11) is 0. The average molecular weight is 256 g/mol. The zero-order valence-corrected chi connectivity index (χ0v) is 10.8. The number of benzene rings is 1. The Hall–Kier alpha value is -1.45. The molecule has 0 amide bonds. The third kappa shape index (κ3) is 3.52. The smallest absolute Gasteiger partial charge is 0.310 e. The third-order valence-electron chi connectivity index (χ3n) is 2.87. The molecule has 1 aromatic rings. The van der Waals surface area contributed by atoms with Crippen LogP contribution in [-0.4, -0.2) is 11.1 Å². The van der Waals surface area contributed by atoms with Crippen molar-refractivity contribution in [2.45, 2.75) is 39.0 Å². The first-order chi connectivity index (χ1) is 8.24. The Morgan fingerprint density at radius 2 is 1.72 bits per heavy atom. The minimum absolute atomic E-state index is 0.0578. The minimum Gasteiger partial charge on any atom is -0.481 e. The molecule has 0 saturated heterocycles. The molecule has 1 aromatic carbocycles. The molecule has 1 atom stereocenters. The lowest BCUT2D eigenvalue weighted by molar-refractivity contribution is -0.138. The second kappa shape index (κ2) is 5.46. The Kier molecular flexibility index (Phi) is 4.43. The van der Waals surface area contributed by atoms with E-state index in [1.165, 1.54) is 31.2 Å². The van der Waals surface area contributed by atoms with E-state index < -0.39 is 17.8 Å². The van der Waals surface area contributed by atoms with E-state index in [0.29, 0.717) is 5.56 Å². The van der Waals surface area contributed by atoms with Gasteiger partial charge in [0.05, 0.1) is 5.92 Å². The Morgan fingerprint density at radius 3 is 2.11 bits per heavy atom. The van der Waals surface area contributed by atoms with Crippen LogP contribution in [0.1, 0.15) is 44.2 Å². The van der Waals surface area contributed by atoms with Gasteiger partial charge in [0.25, 0.3) is 5.92 Å². The van der Waals surface area contributed by atoms with Gasteiger partial charge < -0.3 is 5.11 Å². The van der Waals surface area contributed by atoms with Crippen LogP contribution in [0.25, 0.3) is 0 Å². The van der Waals surface area contributed by atoms with Crippen LogP contribution in [0.2, 0.25) is 0 Å². The van der Waals surface area contributed by atoms with Crippen LogP contribution in [0.4, 0.5) is 8.78 Å². The van der Waals surface area contributed by atoms with Crippen molar-refractivity contribution in [2.75, 3.05) is 0 Å². The quantitative estimate of drug-likeness (QED) is 0.864. The highest BCUT2D eigenvalue weighted by molar-refractivity contribution is 5.75. The van der Waals surface area contributed by atoms with Crippen molar-refractivity contribution < 1.29 is 18.7 Å². The predicted octanol–water partition coefficient (Wildman–Crippen LogP) is 4.01. The lowest BCUT2D eigenvalue weighted by Crippen LogP contribution is -2.16. The summed E-state index contributed by atoms with van der Waals surface area (Å²) in [6.45, 7) is 5.02. The lowest BCUT2D eigenvalue weighted by Gasteiger charge is -2.19. The van der Waals surface area contributed by atoms with Crippen molar-refractivity contribution in [3.8, 4) is 0 Å². The molecule has 0 saturated carbocycles. The van der Waals surface area contributed by atoms with E-state index in [1.54, 1.807) is 13.8 Å². The minimum atomic E-state index is -2.86. The van der Waals surface area contributed by atoms with E-state index in [-0.39, 0.29) is 17.9 Å². The lowest BCUT2D eigenvalue weighted by atomic mass is 9.95. The highest BCUT2D eigenvalue weighted by Gasteiger charge is 2.32. The van der Waals surface area contributed by atoms with Gasteiger partial charge in [0, 0.05) is 12.0 Å². The van der Waals surface area contributed by atoms with Gasteiger partial charge in [-0.2, -0.15) is 0 Å². The first-order valence-corrected chi connectivity index (χ1v) is 5.95. The van der Waals surface area contributed by atoms with Gasteiger partial charge in [0.1, 0.15) is 0 Å². The molecule has 0 bridgehead atoms. The van der Waals surface area contributed by atoms with Gasteiger partial charge >= 0.3 is 5.97 Å². The summed E-state index contributed by atoms with van der Waals surface area (Å²) in [5.41, 5.74) is 0.476. The van der Waals surface area contributed by atoms with E-state index >= 15 is 0 Å². The molecule has 0 spiro atoms. The fourth-order valence-corrected chi connectivity index (χ4v) is 1.79. The molecule has 0 aliphatic rings. The molecular formula is C14H18F2O2. The van der Waals surface area contributed by atoms with E-state index in [9.17, 15) is 13.6 Å². The first-order valence-electron chi connectivity index (χ1n) is 5.95. The fourth-order valence-electron chi connectivity index (χ4n) is 1.79. The highest BCUT2D eigenvalue weighted by atomic mass is 19.3. The molecule has 4 heteroatoms. The van der Waals surface area contributed by atoms with Crippen molar-refractivity contribution in [3.05, 3.63) is 35.4 Å². The van der Waals surface area contributed by atoms with Gasteiger partial charge in [-0.05, 0) is 18.4 Å². The fraction of sp³-hybridized carbons (Fsp3) is 0.500. The van der Waals surface area contributed by atoms with Crippen LogP contribution in [0, 0.1) is 5.92 Å². The Balaban J connectivity index is 2.92. The van der Waals surface area contributed by atoms with E-state index in [0.717, 1.165) is 0 Å². The molecule has 1 rings (SSSR count). The van der Waals surface area contributed by atoms with E-state index in [4.69, 9.17) is 5.11 Å². The van der Waals surface area contributed by atoms with Crippen LogP contribution in [0.3, 0.4) is 0 Å². The van der Waals surface area contributed by atoms with Crippen LogP contribution in [-0.2, 0) is 10.7 Å². The SMILES string of the molecule is CC(C)CC(F)(F)c1ccc(C(C)C(=O)O)cc1. The third-order valence-corrected chi connectivity index (χ3v) is 2.87. The Labute approximate surface area is 106 Å². The first kappa shape index (κ1) is 14.6. The second-order valence-electron chi connectivity index (χ2n) is 4.98. The van der Waals surface area contributed by atoms with Crippen molar-refractivity contribution in [1.82, 2.24) is 0 Å². The number of halogens is 2. The van der Waals surface area contributed by atoms with Gasteiger partial charge in [0.15, 0.2) is 0 Å². The number of carboxylic acid groups (broad SMARTS) is 1. The van der Waals surface area contributed by atoms with Crippen molar-refractivity contribution in [1.29, 1.82) is 0 Å². The van der Waals surface area contributed by atoms with E-state index in [2.05, 4.69) is 0 Å². The molecule has 18 heavy (non-hydrogen) atoms. The summed E-state index contributed by atoms with van der Waals surface area (Å²) in [5, 5.41) is 8.84. The molecule has 0 heterocycles. The maximum Gasteiger partial charge on any atom is 0.310 e. The van der Waals surface area contributed by atoms with Gasteiger partial charge in [-0.15, -0.1) is 0 Å². The summed E-state index contributed by atoms with van der Waals surface area (Å²) in [6, 6.07) is 5.55. The van der Waals surface area contributed by atoms with Crippen molar-refractivity contribution in [2.24, 2.45) is 5.92 Å². The van der Waals surface area contributed by atoms with Gasteiger partial charge in [-0.3, -0.25) is 4.79 Å². The van der Waals surface area contributed by atoms with Gasteiger partial charge in [0.2, 0.25) is 0 Å². The summed E-state index contributed by atoms with van der Waals surface area (Å²) in [6.07, 6.45) is -0.208. The second-order valence-corrected chi connectivity index (χ2v) is 4.98. The zero-order chi connectivity index (χ0) is 13.9. The Bertz CT molecular complexity index is 410. The normalized spacial score (nSPS) is 13.7. The van der Waals surface area contributed by atoms with Crippen molar-refractivity contribution in [3.63, 3.8) is 0 Å². The van der Waals surface area contributed by atoms with Crippen LogP contribution in [0.15, 0.2) is 24.3 Å². The number of hydrogen-bond acceptors (Lipinski definition) is 1.